The predicted molar refractivity (Wildman–Crippen MR) is 121 cm³/mol. The van der Waals surface area contributed by atoms with Gasteiger partial charge in [-0.3, -0.25) is 9.98 Å². The smallest absolute Gasteiger partial charge is 0.101 e. The van der Waals surface area contributed by atoms with Gasteiger partial charge in [-0.05, 0) is 82.4 Å². The lowest BCUT2D eigenvalue weighted by Crippen LogP contribution is -2.30. The van der Waals surface area contributed by atoms with Gasteiger partial charge in [0.25, 0.3) is 0 Å². The standard InChI is InChI=1S/C25H23N5/c1-24(2)20-8-5-16(27-20)12-17-6-9-22(28-17)25(3,4)23-11-15(14-26)19(30-23)13-18-7-10-21(24)29-18/h5-13,28,30H,1-4H3. The number of hydrogen-bond donors (Lipinski definition) is 2. The number of rotatable bonds is 0. The van der Waals surface area contributed by atoms with Crippen molar-refractivity contribution in [3.8, 4) is 6.07 Å². The lowest BCUT2D eigenvalue weighted by atomic mass is 9.82. The van der Waals surface area contributed by atoms with Gasteiger partial charge in [0.05, 0.1) is 34.1 Å². The summed E-state index contributed by atoms with van der Waals surface area (Å²) >= 11 is 0. The Kier molecular flexibility index (Phi) is 3.78. The molecule has 0 radical (unpaired) electrons. The number of aromatic nitrogens is 2. The van der Waals surface area contributed by atoms with Gasteiger partial charge in [0.1, 0.15) is 6.07 Å². The summed E-state index contributed by atoms with van der Waals surface area (Å²) in [5, 5.41) is 9.69. The molecule has 5 rings (SSSR count). The number of aromatic amines is 2. The number of hydrogen-bond acceptors (Lipinski definition) is 3. The van der Waals surface area contributed by atoms with Crippen LogP contribution in [0.1, 0.15) is 56.0 Å². The summed E-state index contributed by atoms with van der Waals surface area (Å²) in [7, 11) is 0. The summed E-state index contributed by atoms with van der Waals surface area (Å²) < 4.78 is 0. The molecule has 0 aromatic carbocycles. The second-order valence-electron chi connectivity index (χ2n) is 9.00. The summed E-state index contributed by atoms with van der Waals surface area (Å²) in [5.74, 6) is 0. The number of nitrogens with one attached hydrogen (secondary N) is 2. The summed E-state index contributed by atoms with van der Waals surface area (Å²) in [4.78, 5) is 16.7. The average Bonchev–Trinajstić information content (AvgIpc) is 3.48. The number of aliphatic imine (C=N–C) groups is 2. The highest BCUT2D eigenvalue weighted by Crippen LogP contribution is 2.35. The molecule has 8 bridgehead atoms. The van der Waals surface area contributed by atoms with Crippen molar-refractivity contribution >= 4 is 23.6 Å². The van der Waals surface area contributed by atoms with Gasteiger partial charge in [-0.2, -0.15) is 5.26 Å². The van der Waals surface area contributed by atoms with Crippen molar-refractivity contribution in [3.63, 3.8) is 0 Å². The minimum absolute atomic E-state index is 0.321. The topological polar surface area (TPSA) is 80.1 Å². The van der Waals surface area contributed by atoms with E-state index in [0.717, 1.165) is 45.6 Å². The molecule has 0 atom stereocenters. The van der Waals surface area contributed by atoms with Gasteiger partial charge in [0.2, 0.25) is 0 Å². The number of nitrogens with zero attached hydrogens (tertiary/aromatic N) is 3. The van der Waals surface area contributed by atoms with Crippen LogP contribution in [-0.2, 0) is 5.41 Å². The molecule has 2 N–H and O–H groups in total. The van der Waals surface area contributed by atoms with Crippen LogP contribution in [0.4, 0.5) is 0 Å². The Morgan fingerprint density at radius 3 is 2.13 bits per heavy atom. The zero-order valence-corrected chi connectivity index (χ0v) is 17.5. The fourth-order valence-corrected chi connectivity index (χ4v) is 4.07. The second kappa shape index (κ2) is 6.17. The molecule has 3 aliphatic rings. The molecule has 5 heteroatoms. The van der Waals surface area contributed by atoms with Crippen LogP contribution in [0.5, 0.6) is 0 Å². The normalized spacial score (nSPS) is 20.4. The maximum atomic E-state index is 9.69. The molecule has 5 heterocycles. The van der Waals surface area contributed by atoms with Gasteiger partial charge >= 0.3 is 0 Å². The van der Waals surface area contributed by atoms with Crippen molar-refractivity contribution in [2.45, 2.75) is 33.1 Å². The summed E-state index contributed by atoms with van der Waals surface area (Å²) in [5.41, 5.74) is 7.49. The van der Waals surface area contributed by atoms with E-state index in [4.69, 9.17) is 9.98 Å². The number of H-pyrrole nitrogens is 2. The number of allylic oxidation sites excluding steroid dienone is 4. The van der Waals surface area contributed by atoms with Crippen LogP contribution < -0.4 is 0 Å². The molecule has 148 valence electrons. The number of nitriles is 1. The molecule has 2 aromatic rings. The Hall–Kier alpha value is -3.65. The van der Waals surface area contributed by atoms with Gasteiger partial charge in [-0.15, -0.1) is 0 Å². The van der Waals surface area contributed by atoms with Gasteiger partial charge in [-0.1, -0.05) is 0 Å². The molecular weight excluding hydrogens is 370 g/mol. The quantitative estimate of drug-likeness (QED) is 0.627. The molecule has 3 aliphatic heterocycles. The molecule has 0 aliphatic carbocycles. The van der Waals surface area contributed by atoms with E-state index >= 15 is 0 Å². The molecule has 0 fully saturated rings. The first-order valence-corrected chi connectivity index (χ1v) is 10.1. The molecule has 30 heavy (non-hydrogen) atoms. The summed E-state index contributed by atoms with van der Waals surface area (Å²) in [6.07, 6.45) is 12.2. The van der Waals surface area contributed by atoms with E-state index in [1.165, 1.54) is 0 Å². The Bertz CT molecular complexity index is 1290. The van der Waals surface area contributed by atoms with Crippen LogP contribution in [0.15, 0.2) is 63.9 Å². The zero-order chi connectivity index (χ0) is 21.1. The van der Waals surface area contributed by atoms with Crippen LogP contribution in [-0.4, -0.2) is 21.4 Å². The van der Waals surface area contributed by atoms with Crippen LogP contribution in [0.2, 0.25) is 0 Å². The van der Waals surface area contributed by atoms with E-state index in [2.05, 4.69) is 68.0 Å². The first-order valence-electron chi connectivity index (χ1n) is 10.1. The minimum atomic E-state index is -0.322. The van der Waals surface area contributed by atoms with E-state index in [1.807, 2.05) is 30.4 Å². The van der Waals surface area contributed by atoms with Crippen LogP contribution >= 0.6 is 0 Å². The van der Waals surface area contributed by atoms with Crippen LogP contribution in [0, 0.1) is 16.7 Å². The SMILES string of the molecule is CC1(C)C2=NC(=Cc3ccc([nH]3)C(C)(C)c3cc(C#N)c([nH]3)C=C3C=CC1=N3)C=C2. The highest BCUT2D eigenvalue weighted by atomic mass is 14.9. The molecular formula is C25H23N5. The molecule has 0 amide bonds. The summed E-state index contributed by atoms with van der Waals surface area (Å²) in [6, 6.07) is 8.42. The van der Waals surface area contributed by atoms with Crippen molar-refractivity contribution in [2.75, 3.05) is 0 Å². The van der Waals surface area contributed by atoms with Crippen molar-refractivity contribution in [1.82, 2.24) is 9.97 Å². The average molecular weight is 393 g/mol. The first kappa shape index (κ1) is 18.4. The van der Waals surface area contributed by atoms with Crippen molar-refractivity contribution in [3.05, 3.63) is 82.2 Å². The fourth-order valence-electron chi connectivity index (χ4n) is 4.07. The van der Waals surface area contributed by atoms with E-state index in [9.17, 15) is 5.26 Å². The predicted octanol–water partition coefficient (Wildman–Crippen LogP) is 5.28. The Balaban J connectivity index is 1.74. The minimum Gasteiger partial charge on any atom is -0.358 e. The maximum absolute atomic E-state index is 9.69. The third-order valence-electron chi connectivity index (χ3n) is 6.22. The Morgan fingerprint density at radius 2 is 1.47 bits per heavy atom. The molecule has 0 spiro atoms. The Labute approximate surface area is 176 Å². The van der Waals surface area contributed by atoms with E-state index in [1.54, 1.807) is 0 Å². The van der Waals surface area contributed by atoms with E-state index in [0.29, 0.717) is 5.56 Å². The third kappa shape index (κ3) is 2.76. The largest absolute Gasteiger partial charge is 0.358 e. The van der Waals surface area contributed by atoms with Gasteiger partial charge < -0.3 is 9.97 Å². The van der Waals surface area contributed by atoms with E-state index in [-0.39, 0.29) is 10.8 Å². The molecule has 5 nitrogen and oxygen atoms in total. The second-order valence-corrected chi connectivity index (χ2v) is 9.00. The van der Waals surface area contributed by atoms with Crippen LogP contribution in [0.25, 0.3) is 12.2 Å². The fraction of sp³-hybridized carbons (Fsp3) is 0.240. The van der Waals surface area contributed by atoms with Crippen molar-refractivity contribution in [1.29, 1.82) is 5.26 Å². The molecule has 0 saturated carbocycles. The third-order valence-corrected chi connectivity index (χ3v) is 6.22. The molecule has 2 aromatic heterocycles. The van der Waals surface area contributed by atoms with Crippen LogP contribution in [0.3, 0.4) is 0 Å². The van der Waals surface area contributed by atoms with E-state index < -0.39 is 0 Å². The van der Waals surface area contributed by atoms with Gasteiger partial charge in [0, 0.05) is 27.9 Å². The lowest BCUT2D eigenvalue weighted by Gasteiger charge is -2.23. The molecule has 0 unspecified atom stereocenters. The Morgan fingerprint density at radius 1 is 0.800 bits per heavy atom. The monoisotopic (exact) mass is 393 g/mol. The number of fused-ring (bicyclic) bond motifs is 6. The highest BCUT2D eigenvalue weighted by Gasteiger charge is 2.32. The van der Waals surface area contributed by atoms with Crippen molar-refractivity contribution in [2.24, 2.45) is 15.4 Å². The molecule has 0 saturated heterocycles. The van der Waals surface area contributed by atoms with Gasteiger partial charge in [0.15, 0.2) is 0 Å². The maximum Gasteiger partial charge on any atom is 0.101 e. The van der Waals surface area contributed by atoms with Gasteiger partial charge in [-0.25, -0.2) is 0 Å². The van der Waals surface area contributed by atoms with Crippen molar-refractivity contribution < 1.29 is 0 Å². The highest BCUT2D eigenvalue weighted by molar-refractivity contribution is 6.21. The zero-order valence-electron chi connectivity index (χ0n) is 17.5. The first-order chi connectivity index (χ1) is 14.3. The summed E-state index contributed by atoms with van der Waals surface area (Å²) in [6.45, 7) is 8.56. The lowest BCUT2D eigenvalue weighted by molar-refractivity contribution is 0.602.